The molecule has 0 unspecified atom stereocenters. The average Bonchev–Trinajstić information content (AvgIpc) is 3.13. The topological polar surface area (TPSA) is 119 Å². The van der Waals surface area contributed by atoms with Gasteiger partial charge in [-0.1, -0.05) is 12.8 Å². The fourth-order valence-electron chi connectivity index (χ4n) is 3.43. The van der Waals surface area contributed by atoms with Crippen molar-refractivity contribution in [3.63, 3.8) is 0 Å². The zero-order chi connectivity index (χ0) is 20.3. The predicted octanol–water partition coefficient (Wildman–Crippen LogP) is 2.59. The van der Waals surface area contributed by atoms with E-state index in [2.05, 4.69) is 16.0 Å². The van der Waals surface area contributed by atoms with E-state index in [-0.39, 0.29) is 23.8 Å². The number of nitrogens with zero attached hydrogens (tertiary/aromatic N) is 3. The molecule has 10 heteroatoms. The Morgan fingerprint density at radius 3 is 2.61 bits per heavy atom. The van der Waals surface area contributed by atoms with Crippen LogP contribution in [0.25, 0.3) is 0 Å². The third-order valence-electron chi connectivity index (χ3n) is 4.86. The third-order valence-corrected chi connectivity index (χ3v) is 6.09. The number of rotatable bonds is 4. The summed E-state index contributed by atoms with van der Waals surface area (Å²) in [6, 6.07) is 1.91. The van der Waals surface area contributed by atoms with E-state index in [0.717, 1.165) is 25.7 Å². The van der Waals surface area contributed by atoms with Crippen LogP contribution in [0.4, 0.5) is 5.69 Å². The maximum atomic E-state index is 12.4. The number of fused-ring (bicyclic) bond motifs is 1. The summed E-state index contributed by atoms with van der Waals surface area (Å²) in [7, 11) is 0. The van der Waals surface area contributed by atoms with Crippen LogP contribution in [0.2, 0.25) is 0 Å². The predicted molar refractivity (Wildman–Crippen MR) is 104 cm³/mol. The van der Waals surface area contributed by atoms with Gasteiger partial charge >= 0.3 is 5.69 Å². The molecule has 0 bridgehead atoms. The van der Waals surface area contributed by atoms with Crippen LogP contribution in [0.1, 0.15) is 57.2 Å². The first-order valence-electron chi connectivity index (χ1n) is 9.26. The van der Waals surface area contributed by atoms with Crippen LogP contribution in [-0.2, 0) is 24.2 Å². The lowest BCUT2D eigenvalue weighted by Gasteiger charge is -2.07. The van der Waals surface area contributed by atoms with Crippen LogP contribution in [-0.4, -0.2) is 26.5 Å². The number of aromatic nitrogens is 2. The van der Waals surface area contributed by atoms with Gasteiger partial charge in [0.05, 0.1) is 9.80 Å². The van der Waals surface area contributed by atoms with Gasteiger partial charge in [0.2, 0.25) is 0 Å². The Morgan fingerprint density at radius 1 is 1.21 bits per heavy atom. The molecule has 3 rings (SSSR count). The fourth-order valence-corrected chi connectivity index (χ4v) is 4.57. The summed E-state index contributed by atoms with van der Waals surface area (Å²) in [6.07, 6.45) is 6.70. The van der Waals surface area contributed by atoms with Gasteiger partial charge in [0.1, 0.15) is 17.9 Å². The molecule has 2 N–H and O–H groups in total. The minimum Gasteiger partial charge on any atom is -0.271 e. The molecule has 0 fully saturated rings. The molecule has 2 amide bonds. The van der Waals surface area contributed by atoms with Crippen molar-refractivity contribution < 1.29 is 14.5 Å². The highest BCUT2D eigenvalue weighted by Gasteiger charge is 2.23. The Kier molecular flexibility index (Phi) is 6.08. The first-order valence-corrected chi connectivity index (χ1v) is 10.1. The maximum Gasteiger partial charge on any atom is 0.312 e. The summed E-state index contributed by atoms with van der Waals surface area (Å²) in [5, 5.41) is 15.1. The zero-order valence-corrected chi connectivity index (χ0v) is 16.7. The highest BCUT2D eigenvalue weighted by molar-refractivity contribution is 7.14. The lowest BCUT2D eigenvalue weighted by molar-refractivity contribution is -0.386. The van der Waals surface area contributed by atoms with Crippen LogP contribution in [0.5, 0.6) is 0 Å². The Bertz CT molecular complexity index is 892. The van der Waals surface area contributed by atoms with E-state index in [1.807, 2.05) is 6.07 Å². The van der Waals surface area contributed by atoms with Crippen molar-refractivity contribution in [3.05, 3.63) is 42.9 Å². The molecule has 1 aliphatic rings. The SMILES string of the molecule is Cc1nn(CC(=O)NNC(=O)c2cc3c(s2)CCCCCC3)c(C)c1[N+](=O)[O-]. The summed E-state index contributed by atoms with van der Waals surface area (Å²) < 4.78 is 1.26. The van der Waals surface area contributed by atoms with Gasteiger partial charge in [-0.05, 0) is 51.2 Å². The second kappa shape index (κ2) is 8.51. The number of hydrogen-bond acceptors (Lipinski definition) is 6. The molecule has 9 nitrogen and oxygen atoms in total. The van der Waals surface area contributed by atoms with Crippen molar-refractivity contribution >= 4 is 28.8 Å². The number of carbonyl (C=O) groups excluding carboxylic acids is 2. The van der Waals surface area contributed by atoms with Crippen molar-refractivity contribution in [1.29, 1.82) is 0 Å². The van der Waals surface area contributed by atoms with E-state index >= 15 is 0 Å². The minimum absolute atomic E-state index is 0.104. The van der Waals surface area contributed by atoms with Gasteiger partial charge in [0, 0.05) is 4.88 Å². The highest BCUT2D eigenvalue weighted by Crippen LogP contribution is 2.28. The molecule has 2 aromatic rings. The van der Waals surface area contributed by atoms with Gasteiger partial charge < -0.3 is 0 Å². The molecule has 0 spiro atoms. The van der Waals surface area contributed by atoms with E-state index in [4.69, 9.17) is 0 Å². The van der Waals surface area contributed by atoms with Gasteiger partial charge in [-0.25, -0.2) is 0 Å². The number of thiophene rings is 1. The molecular weight excluding hydrogens is 382 g/mol. The molecule has 0 saturated heterocycles. The fraction of sp³-hybridized carbons (Fsp3) is 0.500. The van der Waals surface area contributed by atoms with Gasteiger partial charge in [-0.2, -0.15) is 5.10 Å². The van der Waals surface area contributed by atoms with E-state index < -0.39 is 10.8 Å². The van der Waals surface area contributed by atoms with Gasteiger partial charge in [-0.15, -0.1) is 11.3 Å². The number of carbonyl (C=O) groups is 2. The number of amides is 2. The molecule has 0 saturated carbocycles. The van der Waals surface area contributed by atoms with Crippen molar-refractivity contribution in [2.75, 3.05) is 0 Å². The number of nitro groups is 1. The number of hydrogen-bond donors (Lipinski definition) is 2. The summed E-state index contributed by atoms with van der Waals surface area (Å²) >= 11 is 1.48. The Balaban J connectivity index is 1.59. The Labute approximate surface area is 166 Å². The summed E-state index contributed by atoms with van der Waals surface area (Å²) in [5.41, 5.74) is 6.45. The van der Waals surface area contributed by atoms with Crippen molar-refractivity contribution in [2.45, 2.75) is 58.9 Å². The van der Waals surface area contributed by atoms with Crippen molar-refractivity contribution in [3.8, 4) is 0 Å². The normalized spacial score (nSPS) is 13.9. The van der Waals surface area contributed by atoms with Crippen LogP contribution in [0.15, 0.2) is 6.07 Å². The number of aryl methyl sites for hydroxylation is 3. The quantitative estimate of drug-likeness (QED) is 0.598. The van der Waals surface area contributed by atoms with E-state index in [0.29, 0.717) is 10.6 Å². The highest BCUT2D eigenvalue weighted by atomic mass is 32.1. The van der Waals surface area contributed by atoms with E-state index in [9.17, 15) is 19.7 Å². The van der Waals surface area contributed by atoms with Gasteiger partial charge in [0.15, 0.2) is 0 Å². The Morgan fingerprint density at radius 2 is 1.93 bits per heavy atom. The molecule has 2 heterocycles. The first kappa shape index (κ1) is 20.0. The summed E-state index contributed by atoms with van der Waals surface area (Å²) in [5.74, 6) is -0.867. The molecule has 1 aliphatic carbocycles. The smallest absolute Gasteiger partial charge is 0.271 e. The zero-order valence-electron chi connectivity index (χ0n) is 15.9. The molecule has 0 radical (unpaired) electrons. The second-order valence-corrected chi connectivity index (χ2v) is 8.05. The van der Waals surface area contributed by atoms with Gasteiger partial charge in [0.25, 0.3) is 11.8 Å². The maximum absolute atomic E-state index is 12.4. The number of nitrogens with one attached hydrogen (secondary N) is 2. The van der Waals surface area contributed by atoms with E-state index in [1.165, 1.54) is 53.1 Å². The number of hydrazine groups is 1. The second-order valence-electron chi connectivity index (χ2n) is 6.91. The largest absolute Gasteiger partial charge is 0.312 e. The average molecular weight is 405 g/mol. The monoisotopic (exact) mass is 405 g/mol. The minimum atomic E-state index is -0.517. The van der Waals surface area contributed by atoms with Crippen LogP contribution in [0.3, 0.4) is 0 Å². The van der Waals surface area contributed by atoms with Crippen molar-refractivity contribution in [1.82, 2.24) is 20.6 Å². The Hall–Kier alpha value is -2.75. The molecule has 28 heavy (non-hydrogen) atoms. The molecular formula is C18H23N5O4S. The standard InChI is InChI=1S/C18H23N5O4S/c1-11-17(23(26)27)12(2)22(21-11)10-16(24)19-20-18(25)15-9-13-7-5-3-4-6-8-14(13)28-15/h9H,3-8,10H2,1-2H3,(H,19,24)(H,20,25). The molecule has 0 aliphatic heterocycles. The van der Waals surface area contributed by atoms with E-state index in [1.54, 1.807) is 0 Å². The van der Waals surface area contributed by atoms with Crippen LogP contribution < -0.4 is 10.9 Å². The van der Waals surface area contributed by atoms with Gasteiger partial charge in [-0.3, -0.25) is 35.2 Å². The summed E-state index contributed by atoms with van der Waals surface area (Å²) in [6.45, 7) is 2.83. The van der Waals surface area contributed by atoms with Crippen LogP contribution in [0, 0.1) is 24.0 Å². The van der Waals surface area contributed by atoms with Crippen molar-refractivity contribution in [2.24, 2.45) is 0 Å². The lowest BCUT2D eigenvalue weighted by atomic mass is 10.00. The molecule has 0 atom stereocenters. The summed E-state index contributed by atoms with van der Waals surface area (Å²) in [4.78, 5) is 36.9. The lowest BCUT2D eigenvalue weighted by Crippen LogP contribution is -2.43. The van der Waals surface area contributed by atoms with Crippen LogP contribution >= 0.6 is 11.3 Å². The molecule has 150 valence electrons. The molecule has 2 aromatic heterocycles. The molecule has 0 aromatic carbocycles. The third kappa shape index (κ3) is 4.38. The first-order chi connectivity index (χ1) is 13.4.